The third kappa shape index (κ3) is 7.07. The van der Waals surface area contributed by atoms with Crippen molar-refractivity contribution in [1.29, 1.82) is 0 Å². The minimum atomic E-state index is 0. The maximum Gasteiger partial charge on any atom is 0.191 e. The molecule has 0 radical (unpaired) electrons. The summed E-state index contributed by atoms with van der Waals surface area (Å²) in [6.45, 7) is 10.1. The smallest absolute Gasteiger partial charge is 0.191 e. The number of para-hydroxylation sites is 1. The predicted molar refractivity (Wildman–Crippen MR) is 115 cm³/mol. The molecule has 0 amide bonds. The molecule has 0 fully saturated rings. The molecular weight excluding hydrogens is 443 g/mol. The number of benzene rings is 1. The van der Waals surface area contributed by atoms with Crippen molar-refractivity contribution in [3.63, 3.8) is 0 Å². The Hall–Kier alpha value is -2.03. The van der Waals surface area contributed by atoms with Crippen LogP contribution in [-0.2, 0) is 19.5 Å². The molecule has 6 nitrogen and oxygen atoms in total. The van der Waals surface area contributed by atoms with Gasteiger partial charge in [-0.1, -0.05) is 42.9 Å². The number of hydrogen-bond acceptors (Lipinski definition) is 4. The second-order valence-corrected chi connectivity index (χ2v) is 5.39. The van der Waals surface area contributed by atoms with E-state index in [1.54, 1.807) is 6.08 Å². The van der Waals surface area contributed by atoms with Crippen LogP contribution in [0.15, 0.2) is 52.5 Å². The molecule has 0 bridgehead atoms. The maximum absolute atomic E-state index is 5.67. The lowest BCUT2D eigenvalue weighted by Crippen LogP contribution is -2.36. The molecule has 0 aliphatic heterocycles. The monoisotopic (exact) mass is 470 g/mol. The van der Waals surface area contributed by atoms with Crippen LogP contribution in [0.4, 0.5) is 0 Å². The topological polar surface area (TPSA) is 71.7 Å². The number of nitrogens with zero attached hydrogens (tertiary/aromatic N) is 2. The lowest BCUT2D eigenvalue weighted by Gasteiger charge is -2.11. The largest absolute Gasteiger partial charge is 0.489 e. The molecule has 0 atom stereocenters. The lowest BCUT2D eigenvalue weighted by atomic mass is 10.2. The molecule has 1 aromatic heterocycles. The van der Waals surface area contributed by atoms with Gasteiger partial charge in [0.1, 0.15) is 12.4 Å². The van der Waals surface area contributed by atoms with Crippen LogP contribution >= 0.6 is 24.0 Å². The van der Waals surface area contributed by atoms with Gasteiger partial charge < -0.3 is 19.9 Å². The molecule has 0 aliphatic rings. The van der Waals surface area contributed by atoms with E-state index >= 15 is 0 Å². The molecule has 0 saturated heterocycles. The lowest BCUT2D eigenvalue weighted by molar-refractivity contribution is 0.359. The summed E-state index contributed by atoms with van der Waals surface area (Å²) in [6, 6.07) is 9.83. The van der Waals surface area contributed by atoms with Crippen LogP contribution in [0.2, 0.25) is 0 Å². The van der Waals surface area contributed by atoms with Gasteiger partial charge in [-0.3, -0.25) is 0 Å². The molecule has 2 rings (SSSR count). The van der Waals surface area contributed by atoms with E-state index in [1.165, 1.54) is 0 Å². The summed E-state index contributed by atoms with van der Waals surface area (Å²) in [5.74, 6) is 2.33. The van der Waals surface area contributed by atoms with Crippen LogP contribution in [-0.4, -0.2) is 24.3 Å². The first-order valence-corrected chi connectivity index (χ1v) is 8.55. The molecule has 1 aromatic carbocycles. The number of aryl methyl sites for hydroxylation is 1. The SMILES string of the molecule is C=CCOc1ccccc1CN=C(NCC)NCc1cc(CC)no1.I. The van der Waals surface area contributed by atoms with Crippen molar-refractivity contribution in [2.45, 2.75) is 33.4 Å². The van der Waals surface area contributed by atoms with E-state index in [2.05, 4.69) is 27.4 Å². The zero-order chi connectivity index (χ0) is 17.9. The van der Waals surface area contributed by atoms with Gasteiger partial charge in [0.2, 0.25) is 0 Å². The van der Waals surface area contributed by atoms with Crippen molar-refractivity contribution >= 4 is 29.9 Å². The first-order valence-electron chi connectivity index (χ1n) is 8.55. The van der Waals surface area contributed by atoms with Crippen molar-refractivity contribution in [3.8, 4) is 5.75 Å². The Balaban J connectivity index is 0.00000338. The van der Waals surface area contributed by atoms with Gasteiger partial charge in [-0.05, 0) is 19.4 Å². The van der Waals surface area contributed by atoms with Crippen LogP contribution in [0, 0.1) is 0 Å². The van der Waals surface area contributed by atoms with Gasteiger partial charge >= 0.3 is 0 Å². The van der Waals surface area contributed by atoms with E-state index in [4.69, 9.17) is 9.26 Å². The zero-order valence-electron chi connectivity index (χ0n) is 15.3. The highest BCUT2D eigenvalue weighted by Gasteiger charge is 2.06. The van der Waals surface area contributed by atoms with Crippen LogP contribution < -0.4 is 15.4 Å². The summed E-state index contributed by atoms with van der Waals surface area (Å²) in [4.78, 5) is 4.62. The zero-order valence-corrected chi connectivity index (χ0v) is 17.7. The van der Waals surface area contributed by atoms with E-state index in [9.17, 15) is 0 Å². The number of aliphatic imine (C=N–C) groups is 1. The van der Waals surface area contributed by atoms with Gasteiger partial charge in [0.15, 0.2) is 11.7 Å². The molecule has 7 heteroatoms. The number of halogens is 1. The fourth-order valence-corrected chi connectivity index (χ4v) is 2.21. The van der Waals surface area contributed by atoms with Crippen LogP contribution in [0.1, 0.15) is 30.9 Å². The summed E-state index contributed by atoms with van der Waals surface area (Å²) in [5, 5.41) is 10.5. The van der Waals surface area contributed by atoms with Crippen molar-refractivity contribution in [3.05, 3.63) is 60.0 Å². The van der Waals surface area contributed by atoms with Crippen LogP contribution in [0.5, 0.6) is 5.75 Å². The van der Waals surface area contributed by atoms with Gasteiger partial charge in [-0.25, -0.2) is 4.99 Å². The molecule has 26 heavy (non-hydrogen) atoms. The summed E-state index contributed by atoms with van der Waals surface area (Å²) in [5.41, 5.74) is 1.97. The van der Waals surface area contributed by atoms with E-state index < -0.39 is 0 Å². The second-order valence-electron chi connectivity index (χ2n) is 5.39. The Morgan fingerprint density at radius 2 is 2.12 bits per heavy atom. The number of nitrogens with one attached hydrogen (secondary N) is 2. The van der Waals surface area contributed by atoms with Gasteiger partial charge in [0.25, 0.3) is 0 Å². The number of rotatable bonds is 9. The highest BCUT2D eigenvalue weighted by atomic mass is 127. The quantitative estimate of drug-likeness (QED) is 0.253. The van der Waals surface area contributed by atoms with Gasteiger partial charge in [0.05, 0.1) is 18.8 Å². The summed E-state index contributed by atoms with van der Waals surface area (Å²) in [7, 11) is 0. The average Bonchev–Trinajstić information content (AvgIpc) is 3.11. The number of hydrogen-bond donors (Lipinski definition) is 2. The molecular formula is C19H27IN4O2. The molecule has 2 aromatic rings. The molecule has 142 valence electrons. The molecule has 2 N–H and O–H groups in total. The van der Waals surface area contributed by atoms with Crippen LogP contribution in [0.3, 0.4) is 0 Å². The van der Waals surface area contributed by atoms with Gasteiger partial charge in [-0.15, -0.1) is 24.0 Å². The summed E-state index contributed by atoms with van der Waals surface area (Å²) in [6.07, 6.45) is 2.59. The normalized spacial score (nSPS) is 10.8. The fourth-order valence-electron chi connectivity index (χ4n) is 2.21. The molecule has 0 spiro atoms. The Morgan fingerprint density at radius 1 is 1.31 bits per heavy atom. The Labute approximate surface area is 172 Å². The minimum absolute atomic E-state index is 0. The summed E-state index contributed by atoms with van der Waals surface area (Å²) < 4.78 is 11.0. The first kappa shape index (κ1) is 22.0. The van der Waals surface area contributed by atoms with E-state index in [0.29, 0.717) is 19.7 Å². The van der Waals surface area contributed by atoms with Crippen molar-refractivity contribution in [2.24, 2.45) is 4.99 Å². The Bertz CT molecular complexity index is 700. The molecule has 0 saturated carbocycles. The predicted octanol–water partition coefficient (Wildman–Crippen LogP) is 3.68. The second kappa shape index (κ2) is 12.3. The van der Waals surface area contributed by atoms with Gasteiger partial charge in [-0.2, -0.15) is 0 Å². The highest BCUT2D eigenvalue weighted by molar-refractivity contribution is 14.0. The third-order valence-corrected chi connectivity index (χ3v) is 3.48. The number of guanidine groups is 1. The Kier molecular flexibility index (Phi) is 10.5. The van der Waals surface area contributed by atoms with E-state index in [-0.39, 0.29) is 24.0 Å². The summed E-state index contributed by atoms with van der Waals surface area (Å²) >= 11 is 0. The number of ether oxygens (including phenoxy) is 1. The van der Waals surface area contributed by atoms with Crippen LogP contribution in [0.25, 0.3) is 0 Å². The van der Waals surface area contributed by atoms with Crippen molar-refractivity contribution in [1.82, 2.24) is 15.8 Å². The van der Waals surface area contributed by atoms with Crippen molar-refractivity contribution < 1.29 is 9.26 Å². The molecule has 0 aliphatic carbocycles. The van der Waals surface area contributed by atoms with Gasteiger partial charge in [0, 0.05) is 18.2 Å². The standard InChI is InChI=1S/C19H26N4O2.HI/c1-4-11-24-18-10-8-7-9-15(18)13-21-19(20-6-3)22-14-17-12-16(5-2)23-25-17;/h4,7-10,12H,1,5-6,11,13-14H2,2-3H3,(H2,20,21,22);1H. The van der Waals surface area contributed by atoms with Crippen molar-refractivity contribution in [2.75, 3.05) is 13.2 Å². The third-order valence-electron chi connectivity index (χ3n) is 3.48. The molecule has 0 unspecified atom stereocenters. The average molecular weight is 470 g/mol. The molecule has 1 heterocycles. The van der Waals surface area contributed by atoms with E-state index in [0.717, 1.165) is 41.7 Å². The highest BCUT2D eigenvalue weighted by Crippen LogP contribution is 2.18. The van der Waals surface area contributed by atoms with E-state index in [1.807, 2.05) is 44.2 Å². The Morgan fingerprint density at radius 3 is 2.81 bits per heavy atom. The maximum atomic E-state index is 5.67. The fraction of sp³-hybridized carbons (Fsp3) is 0.368. The first-order chi connectivity index (χ1) is 12.3. The minimum Gasteiger partial charge on any atom is -0.489 e. The number of aromatic nitrogens is 1.